The predicted octanol–water partition coefficient (Wildman–Crippen LogP) is 2.92. The largest absolute Gasteiger partial charge is 0.466 e. The Labute approximate surface area is 156 Å². The van der Waals surface area contributed by atoms with Crippen LogP contribution in [0.15, 0.2) is 0 Å². The van der Waals surface area contributed by atoms with Gasteiger partial charge in [0.25, 0.3) is 0 Å². The summed E-state index contributed by atoms with van der Waals surface area (Å²) in [6.45, 7) is 6.44. The van der Waals surface area contributed by atoms with E-state index in [1.165, 1.54) is 0 Å². The van der Waals surface area contributed by atoms with Gasteiger partial charge in [0.15, 0.2) is 5.60 Å². The standard InChI is InChI=1S/C19H34O7/c1-4-7-10-13-25-17(21)15-19(23,18(22)26-12-9-6-3)14-16(20)24-11-8-5-2/h23H,4-15H2,1-3H3. The van der Waals surface area contributed by atoms with Crippen LogP contribution in [0, 0.1) is 0 Å². The Morgan fingerprint density at radius 3 is 1.58 bits per heavy atom. The van der Waals surface area contributed by atoms with E-state index in [2.05, 4.69) is 0 Å². The van der Waals surface area contributed by atoms with E-state index in [1.54, 1.807) is 0 Å². The smallest absolute Gasteiger partial charge is 0.339 e. The Bertz CT molecular complexity index is 422. The summed E-state index contributed by atoms with van der Waals surface area (Å²) in [6, 6.07) is 0. The van der Waals surface area contributed by atoms with Crippen LogP contribution in [0.25, 0.3) is 0 Å². The van der Waals surface area contributed by atoms with Gasteiger partial charge in [-0.1, -0.05) is 46.5 Å². The van der Waals surface area contributed by atoms with Crippen LogP contribution in [-0.2, 0) is 28.6 Å². The first-order chi connectivity index (χ1) is 12.4. The van der Waals surface area contributed by atoms with Crippen molar-refractivity contribution in [3.8, 4) is 0 Å². The molecule has 1 atom stereocenters. The number of hydrogen-bond acceptors (Lipinski definition) is 7. The molecule has 0 bridgehead atoms. The second-order valence-corrected chi connectivity index (χ2v) is 6.38. The predicted molar refractivity (Wildman–Crippen MR) is 96.4 cm³/mol. The zero-order valence-electron chi connectivity index (χ0n) is 16.4. The summed E-state index contributed by atoms with van der Waals surface area (Å²) in [6.07, 6.45) is 4.31. The number of hydrogen-bond donors (Lipinski definition) is 1. The summed E-state index contributed by atoms with van der Waals surface area (Å²) >= 11 is 0. The molecule has 7 heteroatoms. The minimum Gasteiger partial charge on any atom is -0.466 e. The molecule has 0 aliphatic rings. The van der Waals surface area contributed by atoms with E-state index in [4.69, 9.17) is 14.2 Å². The zero-order valence-corrected chi connectivity index (χ0v) is 16.4. The van der Waals surface area contributed by atoms with Gasteiger partial charge in [-0.05, 0) is 19.3 Å². The van der Waals surface area contributed by atoms with Crippen molar-refractivity contribution in [2.24, 2.45) is 0 Å². The SMILES string of the molecule is CCCCCOC(=O)CC(O)(CC(=O)OCCCC)C(=O)OCCCC. The van der Waals surface area contributed by atoms with Crippen LogP contribution >= 0.6 is 0 Å². The Hall–Kier alpha value is -1.63. The highest BCUT2D eigenvalue weighted by Crippen LogP contribution is 2.20. The molecule has 0 saturated carbocycles. The quantitative estimate of drug-likeness (QED) is 0.267. The maximum absolute atomic E-state index is 12.2. The zero-order chi connectivity index (χ0) is 19.8. The molecule has 0 aromatic carbocycles. The van der Waals surface area contributed by atoms with Crippen molar-refractivity contribution in [2.45, 2.75) is 84.2 Å². The first-order valence-corrected chi connectivity index (χ1v) is 9.60. The monoisotopic (exact) mass is 374 g/mol. The molecule has 0 heterocycles. The van der Waals surface area contributed by atoms with Gasteiger partial charge in [0.1, 0.15) is 0 Å². The van der Waals surface area contributed by atoms with Gasteiger partial charge in [0.2, 0.25) is 0 Å². The van der Waals surface area contributed by atoms with Crippen LogP contribution in [0.3, 0.4) is 0 Å². The Morgan fingerprint density at radius 1 is 0.692 bits per heavy atom. The van der Waals surface area contributed by atoms with E-state index in [-0.39, 0.29) is 19.8 Å². The van der Waals surface area contributed by atoms with Gasteiger partial charge in [-0.25, -0.2) is 4.79 Å². The fraction of sp³-hybridized carbons (Fsp3) is 0.842. The van der Waals surface area contributed by atoms with Crippen molar-refractivity contribution in [1.82, 2.24) is 0 Å². The molecule has 0 aliphatic carbocycles. The molecule has 0 aliphatic heterocycles. The highest BCUT2D eigenvalue weighted by atomic mass is 16.6. The summed E-state index contributed by atoms with van der Waals surface area (Å²) in [5.41, 5.74) is -2.27. The average Bonchev–Trinajstić information content (AvgIpc) is 2.59. The molecule has 0 spiro atoms. The lowest BCUT2D eigenvalue weighted by Gasteiger charge is -2.24. The molecule has 0 radical (unpaired) electrons. The maximum atomic E-state index is 12.2. The summed E-state index contributed by atoms with van der Waals surface area (Å²) in [5, 5.41) is 10.6. The van der Waals surface area contributed by atoms with Gasteiger partial charge >= 0.3 is 17.9 Å². The fourth-order valence-electron chi connectivity index (χ4n) is 2.10. The molecule has 0 amide bonds. The van der Waals surface area contributed by atoms with Crippen molar-refractivity contribution in [1.29, 1.82) is 0 Å². The molecule has 1 N–H and O–H groups in total. The molecule has 0 fully saturated rings. The van der Waals surface area contributed by atoms with Gasteiger partial charge in [-0.15, -0.1) is 0 Å². The highest BCUT2D eigenvalue weighted by molar-refractivity contribution is 5.90. The summed E-state index contributed by atoms with van der Waals surface area (Å²) in [7, 11) is 0. The molecule has 152 valence electrons. The second-order valence-electron chi connectivity index (χ2n) is 6.38. The normalized spacial score (nSPS) is 12.9. The number of esters is 3. The van der Waals surface area contributed by atoms with Gasteiger partial charge in [-0.3, -0.25) is 9.59 Å². The van der Waals surface area contributed by atoms with Crippen molar-refractivity contribution >= 4 is 17.9 Å². The van der Waals surface area contributed by atoms with Crippen molar-refractivity contribution in [2.75, 3.05) is 19.8 Å². The fourth-order valence-corrected chi connectivity index (χ4v) is 2.10. The van der Waals surface area contributed by atoms with Crippen LogP contribution in [0.4, 0.5) is 0 Å². The third-order valence-electron chi connectivity index (χ3n) is 3.76. The lowest BCUT2D eigenvalue weighted by atomic mass is 9.95. The first kappa shape index (κ1) is 24.4. The number of aliphatic hydroxyl groups is 1. The van der Waals surface area contributed by atoms with Gasteiger partial charge < -0.3 is 19.3 Å². The Kier molecular flexibility index (Phi) is 13.6. The maximum Gasteiger partial charge on any atom is 0.339 e. The van der Waals surface area contributed by atoms with Crippen LogP contribution in [0.1, 0.15) is 78.6 Å². The summed E-state index contributed by atoms with van der Waals surface area (Å²) < 4.78 is 15.0. The number of ether oxygens (including phenoxy) is 3. The minimum absolute atomic E-state index is 0.119. The van der Waals surface area contributed by atoms with Gasteiger partial charge in [0, 0.05) is 0 Å². The number of rotatable bonds is 15. The molecular formula is C19H34O7. The topological polar surface area (TPSA) is 99.1 Å². The lowest BCUT2D eigenvalue weighted by Crippen LogP contribution is -2.45. The van der Waals surface area contributed by atoms with E-state index in [9.17, 15) is 19.5 Å². The van der Waals surface area contributed by atoms with Gasteiger partial charge in [-0.2, -0.15) is 0 Å². The highest BCUT2D eigenvalue weighted by Gasteiger charge is 2.43. The van der Waals surface area contributed by atoms with Crippen molar-refractivity contribution < 1.29 is 33.7 Å². The third-order valence-corrected chi connectivity index (χ3v) is 3.76. The number of carbonyl (C=O) groups is 3. The first-order valence-electron chi connectivity index (χ1n) is 9.60. The Morgan fingerprint density at radius 2 is 1.12 bits per heavy atom. The number of carbonyl (C=O) groups excluding carboxylic acids is 3. The van der Waals surface area contributed by atoms with Crippen LogP contribution in [0.2, 0.25) is 0 Å². The summed E-state index contributed by atoms with van der Waals surface area (Å²) in [5.74, 6) is -2.48. The molecule has 0 aromatic heterocycles. The van der Waals surface area contributed by atoms with E-state index in [0.717, 1.165) is 25.7 Å². The number of unbranched alkanes of at least 4 members (excludes halogenated alkanes) is 4. The molecule has 26 heavy (non-hydrogen) atoms. The van der Waals surface area contributed by atoms with Crippen molar-refractivity contribution in [3.63, 3.8) is 0 Å². The minimum atomic E-state index is -2.27. The second kappa shape index (κ2) is 14.5. The molecule has 1 unspecified atom stereocenters. The van der Waals surface area contributed by atoms with Crippen molar-refractivity contribution in [3.05, 3.63) is 0 Å². The van der Waals surface area contributed by atoms with E-state index >= 15 is 0 Å². The molecule has 0 aromatic rings. The summed E-state index contributed by atoms with van der Waals surface area (Å²) in [4.78, 5) is 36.1. The van der Waals surface area contributed by atoms with E-state index < -0.39 is 36.4 Å². The van der Waals surface area contributed by atoms with Crippen LogP contribution in [0.5, 0.6) is 0 Å². The molecule has 0 rings (SSSR count). The molecular weight excluding hydrogens is 340 g/mol. The molecule has 0 saturated heterocycles. The lowest BCUT2D eigenvalue weighted by molar-refractivity contribution is -0.178. The Balaban J connectivity index is 4.76. The van der Waals surface area contributed by atoms with E-state index in [1.807, 2.05) is 20.8 Å². The average molecular weight is 374 g/mol. The van der Waals surface area contributed by atoms with E-state index in [0.29, 0.717) is 19.3 Å². The third kappa shape index (κ3) is 11.1. The van der Waals surface area contributed by atoms with Gasteiger partial charge in [0.05, 0.1) is 32.7 Å². The van der Waals surface area contributed by atoms with Crippen LogP contribution < -0.4 is 0 Å². The molecule has 7 nitrogen and oxygen atoms in total. The van der Waals surface area contributed by atoms with Crippen LogP contribution in [-0.4, -0.2) is 48.4 Å².